The molecule has 2 aromatic rings. The lowest BCUT2D eigenvalue weighted by atomic mass is 9.98. The van der Waals surface area contributed by atoms with Gasteiger partial charge in [0.2, 0.25) is 0 Å². The average molecular weight is 314 g/mol. The van der Waals surface area contributed by atoms with E-state index in [2.05, 4.69) is 10.4 Å². The largest absolute Gasteiger partial charge is 0.350 e. The van der Waals surface area contributed by atoms with Crippen molar-refractivity contribution in [2.24, 2.45) is 0 Å². The summed E-state index contributed by atoms with van der Waals surface area (Å²) in [6.07, 6.45) is 6.42. The van der Waals surface area contributed by atoms with Crippen molar-refractivity contribution < 1.29 is 9.72 Å². The number of nitrogens with zero attached hydrogens (tertiary/aromatic N) is 3. The van der Waals surface area contributed by atoms with Gasteiger partial charge in [0.1, 0.15) is 0 Å². The topological polar surface area (TPSA) is 90.1 Å². The Hall–Kier alpha value is -2.70. The van der Waals surface area contributed by atoms with E-state index in [1.54, 1.807) is 6.07 Å². The molecule has 0 saturated carbocycles. The number of nitrogens with one attached hydrogen (secondary N) is 1. The van der Waals surface area contributed by atoms with Crippen LogP contribution in [0.5, 0.6) is 0 Å². The van der Waals surface area contributed by atoms with Crippen LogP contribution in [0.1, 0.15) is 34.5 Å². The second-order valence-corrected chi connectivity index (χ2v) is 5.61. The van der Waals surface area contributed by atoms with Gasteiger partial charge in [-0.1, -0.05) is 6.07 Å². The molecule has 0 atom stereocenters. The zero-order valence-corrected chi connectivity index (χ0v) is 12.7. The lowest BCUT2D eigenvalue weighted by Crippen LogP contribution is -2.28. The fourth-order valence-corrected chi connectivity index (χ4v) is 2.89. The minimum Gasteiger partial charge on any atom is -0.350 e. The van der Waals surface area contributed by atoms with Crippen LogP contribution in [0.3, 0.4) is 0 Å². The number of non-ortho nitro benzene ring substituents is 1. The zero-order chi connectivity index (χ0) is 16.2. The van der Waals surface area contributed by atoms with Gasteiger partial charge in [0.05, 0.1) is 17.7 Å². The molecule has 0 fully saturated rings. The van der Waals surface area contributed by atoms with E-state index in [0.717, 1.165) is 12.8 Å². The van der Waals surface area contributed by atoms with E-state index in [9.17, 15) is 14.9 Å². The predicted molar refractivity (Wildman–Crippen MR) is 84.3 cm³/mol. The third-order valence-electron chi connectivity index (χ3n) is 4.07. The number of rotatable bonds is 5. The van der Waals surface area contributed by atoms with Crippen LogP contribution < -0.4 is 5.32 Å². The molecule has 1 N–H and O–H groups in total. The van der Waals surface area contributed by atoms with Crippen molar-refractivity contribution in [3.8, 4) is 0 Å². The van der Waals surface area contributed by atoms with Crippen LogP contribution in [0.25, 0.3) is 0 Å². The minimum absolute atomic E-state index is 0.0844. The fourth-order valence-electron chi connectivity index (χ4n) is 2.89. The number of aryl methyl sites for hydroxylation is 1. The van der Waals surface area contributed by atoms with Crippen LogP contribution in [-0.2, 0) is 19.4 Å². The van der Waals surface area contributed by atoms with Gasteiger partial charge in [-0.25, -0.2) is 0 Å². The number of hydrogen-bond acceptors (Lipinski definition) is 4. The van der Waals surface area contributed by atoms with E-state index in [1.165, 1.54) is 42.3 Å². The Morgan fingerprint density at radius 3 is 3.00 bits per heavy atom. The van der Waals surface area contributed by atoms with Crippen LogP contribution in [0, 0.1) is 10.1 Å². The van der Waals surface area contributed by atoms with Crippen LogP contribution in [0.4, 0.5) is 5.69 Å². The number of nitro benzene ring substituents is 1. The molecule has 0 saturated heterocycles. The van der Waals surface area contributed by atoms with E-state index < -0.39 is 4.92 Å². The van der Waals surface area contributed by atoms with Crippen molar-refractivity contribution in [1.29, 1.82) is 0 Å². The monoisotopic (exact) mass is 314 g/mol. The zero-order valence-electron chi connectivity index (χ0n) is 12.7. The Morgan fingerprint density at radius 2 is 2.17 bits per heavy atom. The molecule has 23 heavy (non-hydrogen) atoms. The minimum atomic E-state index is -0.507. The number of fused-ring (bicyclic) bond motifs is 1. The molecule has 7 heteroatoms. The SMILES string of the molecule is O=C(NCCn1ncc2c1CCCC2)c1cccc([N+](=O)[O-])c1. The fraction of sp³-hybridized carbons (Fsp3) is 0.375. The van der Waals surface area contributed by atoms with Crippen LogP contribution in [0.15, 0.2) is 30.5 Å². The summed E-state index contributed by atoms with van der Waals surface area (Å²) in [5, 5.41) is 17.9. The van der Waals surface area contributed by atoms with Gasteiger partial charge in [-0.05, 0) is 37.3 Å². The molecule has 1 aliphatic rings. The Balaban J connectivity index is 1.58. The van der Waals surface area contributed by atoms with E-state index in [1.807, 2.05) is 10.9 Å². The first-order valence-electron chi connectivity index (χ1n) is 7.71. The first kappa shape index (κ1) is 15.2. The number of carbonyl (C=O) groups is 1. The Labute approximate surface area is 133 Å². The highest BCUT2D eigenvalue weighted by Crippen LogP contribution is 2.20. The Morgan fingerprint density at radius 1 is 1.35 bits per heavy atom. The lowest BCUT2D eigenvalue weighted by Gasteiger charge is -2.14. The Kier molecular flexibility index (Phi) is 4.36. The van der Waals surface area contributed by atoms with Gasteiger partial charge in [-0.15, -0.1) is 0 Å². The van der Waals surface area contributed by atoms with E-state index in [4.69, 9.17) is 0 Å². The number of nitro groups is 1. The molecule has 120 valence electrons. The van der Waals surface area contributed by atoms with Crippen molar-refractivity contribution >= 4 is 11.6 Å². The van der Waals surface area contributed by atoms with Crippen LogP contribution >= 0.6 is 0 Å². The summed E-state index contributed by atoms with van der Waals surface area (Å²) < 4.78 is 1.95. The van der Waals surface area contributed by atoms with E-state index in [0.29, 0.717) is 18.7 Å². The van der Waals surface area contributed by atoms with Crippen LogP contribution in [0.2, 0.25) is 0 Å². The molecule has 1 aliphatic carbocycles. The maximum atomic E-state index is 12.1. The molecule has 0 spiro atoms. The quantitative estimate of drug-likeness (QED) is 0.676. The summed E-state index contributed by atoms with van der Waals surface area (Å²) >= 11 is 0. The van der Waals surface area contributed by atoms with E-state index in [-0.39, 0.29) is 11.6 Å². The summed E-state index contributed by atoms with van der Waals surface area (Å²) in [7, 11) is 0. The standard InChI is InChI=1S/C16H18N4O3/c21-16(12-5-3-6-14(10-12)20(22)23)17-8-9-19-15-7-2-1-4-13(15)11-18-19/h3,5-6,10-11H,1-2,4,7-9H2,(H,17,21). The van der Waals surface area contributed by atoms with Crippen molar-refractivity contribution in [1.82, 2.24) is 15.1 Å². The normalized spacial score (nSPS) is 13.4. The third-order valence-corrected chi connectivity index (χ3v) is 4.07. The van der Waals surface area contributed by atoms with Crippen molar-refractivity contribution in [2.45, 2.75) is 32.2 Å². The average Bonchev–Trinajstić information content (AvgIpc) is 2.98. The number of aromatic nitrogens is 2. The summed E-state index contributed by atoms with van der Waals surface area (Å²) in [6, 6.07) is 5.73. The summed E-state index contributed by atoms with van der Waals surface area (Å²) in [5.41, 5.74) is 2.78. The van der Waals surface area contributed by atoms with Gasteiger partial charge >= 0.3 is 0 Å². The molecular weight excluding hydrogens is 296 g/mol. The van der Waals surface area contributed by atoms with Crippen molar-refractivity contribution in [3.05, 3.63) is 57.4 Å². The summed E-state index contributed by atoms with van der Waals surface area (Å²) in [4.78, 5) is 22.3. The van der Waals surface area contributed by atoms with Gasteiger partial charge in [-0.3, -0.25) is 19.6 Å². The molecule has 0 radical (unpaired) electrons. The smallest absolute Gasteiger partial charge is 0.270 e. The second kappa shape index (κ2) is 6.60. The molecule has 1 aromatic carbocycles. The second-order valence-electron chi connectivity index (χ2n) is 5.61. The van der Waals surface area contributed by atoms with Crippen LogP contribution in [-0.4, -0.2) is 27.2 Å². The lowest BCUT2D eigenvalue weighted by molar-refractivity contribution is -0.384. The highest BCUT2D eigenvalue weighted by molar-refractivity contribution is 5.94. The summed E-state index contributed by atoms with van der Waals surface area (Å²) in [6.45, 7) is 1.05. The van der Waals surface area contributed by atoms with Gasteiger partial charge in [0.15, 0.2) is 0 Å². The molecule has 7 nitrogen and oxygen atoms in total. The number of amides is 1. The van der Waals surface area contributed by atoms with Crippen molar-refractivity contribution in [2.75, 3.05) is 6.54 Å². The molecule has 3 rings (SSSR count). The number of hydrogen-bond donors (Lipinski definition) is 1. The number of benzene rings is 1. The third kappa shape index (κ3) is 3.39. The molecule has 0 unspecified atom stereocenters. The molecule has 1 heterocycles. The van der Waals surface area contributed by atoms with Crippen molar-refractivity contribution in [3.63, 3.8) is 0 Å². The highest BCUT2D eigenvalue weighted by Gasteiger charge is 2.15. The van der Waals surface area contributed by atoms with E-state index >= 15 is 0 Å². The first-order chi connectivity index (χ1) is 11.1. The predicted octanol–water partition coefficient (Wildman–Crippen LogP) is 2.10. The molecular formula is C16H18N4O3. The molecule has 0 aliphatic heterocycles. The maximum Gasteiger partial charge on any atom is 0.270 e. The maximum absolute atomic E-state index is 12.1. The Bertz CT molecular complexity index is 739. The van der Waals surface area contributed by atoms with Gasteiger partial charge < -0.3 is 5.32 Å². The van der Waals surface area contributed by atoms with Gasteiger partial charge in [-0.2, -0.15) is 5.10 Å². The van der Waals surface area contributed by atoms with Gasteiger partial charge in [0, 0.05) is 29.9 Å². The molecule has 1 amide bonds. The highest BCUT2D eigenvalue weighted by atomic mass is 16.6. The summed E-state index contributed by atoms with van der Waals surface area (Å²) in [5.74, 6) is -0.310. The van der Waals surface area contributed by atoms with Gasteiger partial charge in [0.25, 0.3) is 11.6 Å². The molecule has 0 bridgehead atoms. The molecule has 1 aromatic heterocycles. The first-order valence-corrected chi connectivity index (χ1v) is 7.71. The number of carbonyl (C=O) groups excluding carboxylic acids is 1.